The number of hydrogen-bond donors (Lipinski definition) is 1. The van der Waals surface area contributed by atoms with E-state index in [-0.39, 0.29) is 5.97 Å². The van der Waals surface area contributed by atoms with Gasteiger partial charge in [-0.2, -0.15) is 0 Å². The Bertz CT molecular complexity index is 677. The highest BCUT2D eigenvalue weighted by Crippen LogP contribution is 2.40. The van der Waals surface area contributed by atoms with Gasteiger partial charge in [0.2, 0.25) is 5.75 Å². The highest BCUT2D eigenvalue weighted by molar-refractivity contribution is 5.81. The average molecular weight is 345 g/mol. The summed E-state index contributed by atoms with van der Waals surface area (Å²) in [5.74, 6) is 1.13. The molecule has 0 saturated carbocycles. The Morgan fingerprint density at radius 3 is 2.08 bits per heavy atom. The van der Waals surface area contributed by atoms with Gasteiger partial charge >= 0.3 is 5.97 Å². The number of carbonyl (C=O) groups is 1. The second-order valence-corrected chi connectivity index (χ2v) is 5.15. The third-order valence-corrected chi connectivity index (χ3v) is 3.63. The smallest absolute Gasteiger partial charge is 0.333 e. The molecule has 25 heavy (non-hydrogen) atoms. The van der Waals surface area contributed by atoms with Gasteiger partial charge in [0.25, 0.3) is 0 Å². The summed E-state index contributed by atoms with van der Waals surface area (Å²) in [6, 6.07) is 12.2. The Kier molecular flexibility index (Phi) is 6.51. The first kappa shape index (κ1) is 18.4. The van der Waals surface area contributed by atoms with Crippen LogP contribution in [0.2, 0.25) is 0 Å². The van der Waals surface area contributed by atoms with Gasteiger partial charge < -0.3 is 24.3 Å². The third kappa shape index (κ3) is 4.35. The minimum atomic E-state index is -0.649. The molecule has 0 unspecified atom stereocenters. The van der Waals surface area contributed by atoms with E-state index in [9.17, 15) is 4.79 Å². The Balaban J connectivity index is 2.40. The second kappa shape index (κ2) is 8.82. The quantitative estimate of drug-likeness (QED) is 0.740. The largest absolute Gasteiger partial charge is 0.493 e. The second-order valence-electron chi connectivity index (χ2n) is 5.15. The maximum absolute atomic E-state index is 12.4. The molecule has 0 saturated heterocycles. The van der Waals surface area contributed by atoms with Crippen LogP contribution in [-0.2, 0) is 9.53 Å². The number of esters is 1. The first-order valence-corrected chi connectivity index (χ1v) is 7.92. The van der Waals surface area contributed by atoms with Gasteiger partial charge in [0, 0.05) is 17.8 Å². The van der Waals surface area contributed by atoms with Crippen molar-refractivity contribution >= 4 is 11.7 Å². The highest BCUT2D eigenvalue weighted by atomic mass is 16.5. The molecule has 2 aromatic rings. The predicted molar refractivity (Wildman–Crippen MR) is 95.5 cm³/mol. The van der Waals surface area contributed by atoms with Gasteiger partial charge in [0.1, 0.15) is 0 Å². The van der Waals surface area contributed by atoms with Crippen molar-refractivity contribution in [3.63, 3.8) is 0 Å². The Morgan fingerprint density at radius 1 is 1.00 bits per heavy atom. The van der Waals surface area contributed by atoms with Gasteiger partial charge in [-0.15, -0.1) is 0 Å². The van der Waals surface area contributed by atoms with Crippen molar-refractivity contribution in [1.82, 2.24) is 0 Å². The van der Waals surface area contributed by atoms with Crippen LogP contribution < -0.4 is 19.5 Å². The number of carbonyl (C=O) groups excluding carboxylic acids is 1. The zero-order valence-corrected chi connectivity index (χ0v) is 14.9. The van der Waals surface area contributed by atoms with E-state index in [1.54, 1.807) is 40.4 Å². The van der Waals surface area contributed by atoms with Gasteiger partial charge in [-0.1, -0.05) is 30.3 Å². The first-order valence-electron chi connectivity index (χ1n) is 7.92. The van der Waals surface area contributed by atoms with Crippen LogP contribution in [0.3, 0.4) is 0 Å². The topological polar surface area (TPSA) is 66.0 Å². The van der Waals surface area contributed by atoms with E-state index in [1.807, 2.05) is 30.3 Å². The van der Waals surface area contributed by atoms with Crippen LogP contribution in [-0.4, -0.2) is 33.9 Å². The van der Waals surface area contributed by atoms with Gasteiger partial charge in [-0.25, -0.2) is 4.79 Å². The lowest BCUT2D eigenvalue weighted by Crippen LogP contribution is -2.23. The predicted octanol–water partition coefficient (Wildman–Crippen LogP) is 3.43. The fraction of sp³-hybridized carbons (Fsp3) is 0.316. The molecule has 134 valence electrons. The summed E-state index contributed by atoms with van der Waals surface area (Å²) in [5, 5.41) is 3.19. The molecule has 0 amide bonds. The van der Waals surface area contributed by atoms with Crippen molar-refractivity contribution in [2.45, 2.75) is 13.0 Å². The molecule has 1 atom stereocenters. The van der Waals surface area contributed by atoms with Crippen molar-refractivity contribution in [3.8, 4) is 17.2 Å². The Morgan fingerprint density at radius 2 is 1.60 bits per heavy atom. The Hall–Kier alpha value is -2.89. The maximum atomic E-state index is 12.4. The van der Waals surface area contributed by atoms with E-state index < -0.39 is 6.04 Å². The van der Waals surface area contributed by atoms with E-state index in [1.165, 1.54) is 0 Å². The zero-order chi connectivity index (χ0) is 18.2. The summed E-state index contributed by atoms with van der Waals surface area (Å²) in [6.45, 7) is 2.08. The lowest BCUT2D eigenvalue weighted by atomic mass is 10.1. The van der Waals surface area contributed by atoms with Crippen molar-refractivity contribution < 1.29 is 23.7 Å². The summed E-state index contributed by atoms with van der Waals surface area (Å²) >= 11 is 0. The molecule has 0 spiro atoms. The molecule has 0 heterocycles. The Labute approximate surface area is 147 Å². The lowest BCUT2D eigenvalue weighted by Gasteiger charge is -2.20. The van der Waals surface area contributed by atoms with Crippen LogP contribution >= 0.6 is 0 Å². The third-order valence-electron chi connectivity index (χ3n) is 3.63. The molecule has 6 nitrogen and oxygen atoms in total. The molecule has 0 aliphatic carbocycles. The van der Waals surface area contributed by atoms with E-state index in [2.05, 4.69) is 5.32 Å². The molecule has 2 aromatic carbocycles. The van der Waals surface area contributed by atoms with E-state index in [0.717, 1.165) is 5.56 Å². The van der Waals surface area contributed by atoms with Crippen molar-refractivity contribution in [2.75, 3.05) is 33.3 Å². The molecule has 0 aromatic heterocycles. The summed E-state index contributed by atoms with van der Waals surface area (Å²) in [6.07, 6.45) is 0. The molecule has 0 aliphatic heterocycles. The van der Waals surface area contributed by atoms with Crippen molar-refractivity contribution in [2.24, 2.45) is 0 Å². The monoisotopic (exact) mass is 345 g/mol. The summed E-state index contributed by atoms with van der Waals surface area (Å²) < 4.78 is 21.2. The summed E-state index contributed by atoms with van der Waals surface area (Å²) in [4.78, 5) is 12.4. The van der Waals surface area contributed by atoms with E-state index >= 15 is 0 Å². The number of hydrogen-bond acceptors (Lipinski definition) is 6. The van der Waals surface area contributed by atoms with Crippen LogP contribution in [0.4, 0.5) is 5.69 Å². The molecule has 0 radical (unpaired) electrons. The molecule has 6 heteroatoms. The van der Waals surface area contributed by atoms with Gasteiger partial charge in [0.15, 0.2) is 17.5 Å². The molecule has 0 aliphatic rings. The SMILES string of the molecule is CCOC(=O)[C@@H](Nc1cc(OC)c(OC)c(OC)c1)c1ccccc1. The minimum absolute atomic E-state index is 0.305. The fourth-order valence-electron chi connectivity index (χ4n) is 2.48. The molecular weight excluding hydrogens is 322 g/mol. The van der Waals surface area contributed by atoms with Crippen LogP contribution in [0.1, 0.15) is 18.5 Å². The van der Waals surface area contributed by atoms with Crippen LogP contribution in [0.15, 0.2) is 42.5 Å². The highest BCUT2D eigenvalue weighted by Gasteiger charge is 2.23. The van der Waals surface area contributed by atoms with Crippen LogP contribution in [0.25, 0.3) is 0 Å². The lowest BCUT2D eigenvalue weighted by molar-refractivity contribution is -0.144. The molecule has 1 N–H and O–H groups in total. The number of rotatable bonds is 8. The number of ether oxygens (including phenoxy) is 4. The molecular formula is C19H23NO5. The van der Waals surface area contributed by atoms with Gasteiger partial charge in [0.05, 0.1) is 27.9 Å². The molecule has 0 fully saturated rings. The van der Waals surface area contributed by atoms with Gasteiger partial charge in [-0.05, 0) is 12.5 Å². The van der Waals surface area contributed by atoms with Crippen LogP contribution in [0.5, 0.6) is 17.2 Å². The minimum Gasteiger partial charge on any atom is -0.493 e. The van der Waals surface area contributed by atoms with Crippen molar-refractivity contribution in [3.05, 3.63) is 48.0 Å². The average Bonchev–Trinajstić information content (AvgIpc) is 2.65. The van der Waals surface area contributed by atoms with E-state index in [4.69, 9.17) is 18.9 Å². The zero-order valence-electron chi connectivity index (χ0n) is 14.9. The fourth-order valence-corrected chi connectivity index (χ4v) is 2.48. The number of anilines is 1. The first-order chi connectivity index (χ1) is 12.1. The normalized spacial score (nSPS) is 11.4. The summed E-state index contributed by atoms with van der Waals surface area (Å²) in [5.41, 5.74) is 1.45. The van der Waals surface area contributed by atoms with Crippen molar-refractivity contribution in [1.29, 1.82) is 0 Å². The van der Waals surface area contributed by atoms with E-state index in [0.29, 0.717) is 29.5 Å². The molecule has 2 rings (SSSR count). The number of benzene rings is 2. The number of methoxy groups -OCH3 is 3. The van der Waals surface area contributed by atoms with Gasteiger partial charge in [-0.3, -0.25) is 0 Å². The standard InChI is InChI=1S/C19H23NO5/c1-5-25-19(21)17(13-9-7-6-8-10-13)20-14-11-15(22-2)18(24-4)16(12-14)23-3/h6-12,17,20H,5H2,1-4H3/t17-/m0/s1. The number of nitrogens with one attached hydrogen (secondary N) is 1. The molecule has 0 bridgehead atoms. The maximum Gasteiger partial charge on any atom is 0.333 e. The van der Waals surface area contributed by atoms with Crippen LogP contribution in [0, 0.1) is 0 Å². The summed E-state index contributed by atoms with van der Waals surface area (Å²) in [7, 11) is 4.63.